The van der Waals surface area contributed by atoms with Gasteiger partial charge in [0.25, 0.3) is 0 Å². The van der Waals surface area contributed by atoms with E-state index < -0.39 is 12.3 Å². The number of hydrogen-bond donors (Lipinski definition) is 1. The summed E-state index contributed by atoms with van der Waals surface area (Å²) >= 11 is 0. The van der Waals surface area contributed by atoms with Crippen LogP contribution in [-0.2, 0) is 0 Å². The molecule has 0 spiro atoms. The summed E-state index contributed by atoms with van der Waals surface area (Å²) in [5.41, 5.74) is 5.43. The molecule has 2 aliphatic rings. The van der Waals surface area contributed by atoms with Gasteiger partial charge in [-0.15, -0.1) is 0 Å². The molecule has 0 unspecified atom stereocenters. The van der Waals surface area contributed by atoms with Crippen LogP contribution >= 0.6 is 0 Å². The monoisotopic (exact) mass is 217 g/mol. The van der Waals surface area contributed by atoms with Gasteiger partial charge >= 0.3 is 58.4 Å². The third-order valence-corrected chi connectivity index (χ3v) is 3.33. The smallest absolute Gasteiger partial charge is 0.449 e. The Kier molecular flexibility index (Phi) is 3.65. The summed E-state index contributed by atoms with van der Waals surface area (Å²) in [6.45, 7) is -4.66. The standard InChI is InChI=1S/C7H12BF3N.K/c9-8(10,11)7(5-1-2-5)3-6(12)4-7;/h5-6H,1-4,12H2;/q-1;+1. The van der Waals surface area contributed by atoms with Gasteiger partial charge in [0.05, 0.1) is 0 Å². The SMILES string of the molecule is NC1CC(C2CC2)([B-](F)(F)F)C1.[K+]. The van der Waals surface area contributed by atoms with Crippen LogP contribution in [0.4, 0.5) is 12.9 Å². The first-order chi connectivity index (χ1) is 5.46. The van der Waals surface area contributed by atoms with Gasteiger partial charge in [0.2, 0.25) is 0 Å². The zero-order valence-electron chi connectivity index (χ0n) is 7.77. The van der Waals surface area contributed by atoms with Gasteiger partial charge in [-0.25, -0.2) is 0 Å². The molecule has 0 aromatic rings. The van der Waals surface area contributed by atoms with E-state index in [9.17, 15) is 12.9 Å². The molecule has 0 bridgehead atoms. The normalized spacial score (nSPS) is 39.2. The average molecular weight is 217 g/mol. The van der Waals surface area contributed by atoms with Crippen molar-refractivity contribution in [3.8, 4) is 0 Å². The van der Waals surface area contributed by atoms with Crippen molar-refractivity contribution >= 4 is 6.98 Å². The quantitative estimate of drug-likeness (QED) is 0.596. The fourth-order valence-electron chi connectivity index (χ4n) is 2.44. The Labute approximate surface area is 118 Å². The van der Waals surface area contributed by atoms with E-state index in [1.165, 1.54) is 0 Å². The van der Waals surface area contributed by atoms with Crippen molar-refractivity contribution < 1.29 is 64.3 Å². The third-order valence-electron chi connectivity index (χ3n) is 3.33. The van der Waals surface area contributed by atoms with E-state index in [2.05, 4.69) is 0 Å². The van der Waals surface area contributed by atoms with Gasteiger partial charge in [-0.2, -0.15) is 0 Å². The Morgan fingerprint density at radius 2 is 1.62 bits per heavy atom. The number of halogens is 3. The molecule has 2 saturated carbocycles. The minimum atomic E-state index is -4.66. The van der Waals surface area contributed by atoms with Crippen LogP contribution in [0.2, 0.25) is 5.31 Å². The summed E-state index contributed by atoms with van der Waals surface area (Å²) in [6.07, 6.45) is 1.88. The summed E-state index contributed by atoms with van der Waals surface area (Å²) in [6, 6.07) is -0.200. The number of rotatable bonds is 2. The Bertz CT molecular complexity index is 198. The maximum Gasteiger partial charge on any atom is 1.00 e. The van der Waals surface area contributed by atoms with E-state index in [4.69, 9.17) is 5.73 Å². The molecule has 0 radical (unpaired) electrons. The molecule has 0 amide bonds. The summed E-state index contributed by atoms with van der Waals surface area (Å²) in [5.74, 6) is -0.0858. The molecular weight excluding hydrogens is 205 g/mol. The zero-order chi connectivity index (χ0) is 8.98. The van der Waals surface area contributed by atoms with Crippen LogP contribution in [-0.4, -0.2) is 13.0 Å². The molecule has 0 aromatic carbocycles. The molecule has 70 valence electrons. The molecule has 0 aromatic heterocycles. The fourth-order valence-corrected chi connectivity index (χ4v) is 2.44. The van der Waals surface area contributed by atoms with Crippen molar-refractivity contribution in [1.82, 2.24) is 0 Å². The zero-order valence-corrected chi connectivity index (χ0v) is 10.9. The Hall–Kier alpha value is 1.45. The molecule has 0 heterocycles. The van der Waals surface area contributed by atoms with E-state index in [0.29, 0.717) is 0 Å². The van der Waals surface area contributed by atoms with Crippen LogP contribution in [0.15, 0.2) is 0 Å². The van der Waals surface area contributed by atoms with E-state index >= 15 is 0 Å². The second-order valence-electron chi connectivity index (χ2n) is 4.25. The van der Waals surface area contributed by atoms with E-state index in [1.54, 1.807) is 0 Å². The molecule has 0 aliphatic heterocycles. The van der Waals surface area contributed by atoms with Gasteiger partial charge in [0.15, 0.2) is 0 Å². The molecule has 2 fully saturated rings. The second kappa shape index (κ2) is 3.79. The van der Waals surface area contributed by atoms with E-state index in [1.807, 2.05) is 0 Å². The molecule has 2 aliphatic carbocycles. The van der Waals surface area contributed by atoms with Crippen LogP contribution < -0.4 is 57.1 Å². The molecule has 6 heteroatoms. The first-order valence-electron chi connectivity index (χ1n) is 4.41. The van der Waals surface area contributed by atoms with Gasteiger partial charge in [-0.05, 0) is 6.04 Å². The molecule has 1 nitrogen and oxygen atoms in total. The predicted octanol–water partition coefficient (Wildman–Crippen LogP) is -0.891. The molecular formula is C7H12BF3KN. The van der Waals surface area contributed by atoms with Crippen LogP contribution in [0.25, 0.3) is 0 Å². The maximum atomic E-state index is 12.6. The van der Waals surface area contributed by atoms with Gasteiger partial charge in [-0.1, -0.05) is 36.9 Å². The summed E-state index contributed by atoms with van der Waals surface area (Å²) < 4.78 is 37.9. The van der Waals surface area contributed by atoms with Crippen LogP contribution in [0.5, 0.6) is 0 Å². The van der Waals surface area contributed by atoms with Crippen molar-refractivity contribution in [2.45, 2.75) is 37.0 Å². The van der Waals surface area contributed by atoms with E-state index in [-0.39, 0.29) is 76.2 Å². The van der Waals surface area contributed by atoms with Crippen LogP contribution in [0, 0.1) is 5.92 Å². The summed E-state index contributed by atoms with van der Waals surface area (Å²) in [4.78, 5) is 0. The second-order valence-corrected chi connectivity index (χ2v) is 4.25. The van der Waals surface area contributed by atoms with Crippen molar-refractivity contribution in [3.63, 3.8) is 0 Å². The van der Waals surface area contributed by atoms with Crippen LogP contribution in [0.3, 0.4) is 0 Å². The van der Waals surface area contributed by atoms with Crippen molar-refractivity contribution in [2.75, 3.05) is 0 Å². The Balaban J connectivity index is 0.000000845. The molecule has 2 rings (SSSR count). The first kappa shape index (κ1) is 12.5. The topological polar surface area (TPSA) is 26.0 Å². The number of nitrogens with two attached hydrogens (primary N) is 1. The van der Waals surface area contributed by atoms with E-state index in [0.717, 1.165) is 12.8 Å². The average Bonchev–Trinajstić information content (AvgIpc) is 2.58. The van der Waals surface area contributed by atoms with Crippen molar-refractivity contribution in [1.29, 1.82) is 0 Å². The largest absolute Gasteiger partial charge is 1.00 e. The van der Waals surface area contributed by atoms with Gasteiger partial charge < -0.3 is 18.7 Å². The minimum absolute atomic E-state index is 0. The fraction of sp³-hybridized carbons (Fsp3) is 1.00. The van der Waals surface area contributed by atoms with Gasteiger partial charge in [0, 0.05) is 0 Å². The predicted molar refractivity (Wildman–Crippen MR) is 41.7 cm³/mol. The molecule has 0 saturated heterocycles. The number of hydrogen-bond acceptors (Lipinski definition) is 1. The Morgan fingerprint density at radius 1 is 1.15 bits per heavy atom. The third kappa shape index (κ3) is 2.03. The van der Waals surface area contributed by atoms with Gasteiger partial charge in [-0.3, -0.25) is 0 Å². The van der Waals surface area contributed by atoms with Crippen LogP contribution in [0.1, 0.15) is 25.7 Å². The molecule has 2 N–H and O–H groups in total. The summed E-state index contributed by atoms with van der Waals surface area (Å²) in [7, 11) is 0. The Morgan fingerprint density at radius 3 is 1.85 bits per heavy atom. The minimum Gasteiger partial charge on any atom is -0.449 e. The molecule has 13 heavy (non-hydrogen) atoms. The summed E-state index contributed by atoms with van der Waals surface area (Å²) in [5, 5.41) is -1.32. The van der Waals surface area contributed by atoms with Crippen molar-refractivity contribution in [3.05, 3.63) is 0 Å². The van der Waals surface area contributed by atoms with Crippen molar-refractivity contribution in [2.24, 2.45) is 11.7 Å². The van der Waals surface area contributed by atoms with Gasteiger partial charge in [0.1, 0.15) is 0 Å². The maximum absolute atomic E-state index is 12.6. The molecule has 0 atom stereocenters. The first-order valence-corrected chi connectivity index (χ1v) is 4.41.